The van der Waals surface area contributed by atoms with Gasteiger partial charge in [0.15, 0.2) is 11.5 Å². The van der Waals surface area contributed by atoms with Crippen molar-refractivity contribution in [2.24, 2.45) is 5.10 Å². The first-order chi connectivity index (χ1) is 9.19. The Morgan fingerprint density at radius 3 is 2.63 bits per heavy atom. The zero-order valence-electron chi connectivity index (χ0n) is 11.1. The molecule has 1 heterocycles. The minimum atomic E-state index is -0.0819. The molecule has 0 bridgehead atoms. The van der Waals surface area contributed by atoms with Crippen LogP contribution >= 0.6 is 11.8 Å². The highest BCUT2D eigenvalue weighted by atomic mass is 32.2. The van der Waals surface area contributed by atoms with E-state index in [4.69, 9.17) is 9.47 Å². The fourth-order valence-electron chi connectivity index (χ4n) is 1.72. The molecule has 1 aromatic rings. The van der Waals surface area contributed by atoms with Gasteiger partial charge in [0.05, 0.1) is 25.2 Å². The third-order valence-corrected chi connectivity index (χ3v) is 3.92. The average molecular weight is 280 g/mol. The van der Waals surface area contributed by atoms with Gasteiger partial charge >= 0.3 is 5.24 Å². The molecule has 102 valence electrons. The summed E-state index contributed by atoms with van der Waals surface area (Å²) < 4.78 is 10.4. The number of hydrazone groups is 1. The summed E-state index contributed by atoms with van der Waals surface area (Å²) in [5.41, 5.74) is 0.668. The summed E-state index contributed by atoms with van der Waals surface area (Å²) in [7, 11) is 3.13. The van der Waals surface area contributed by atoms with E-state index < -0.39 is 0 Å². The molecule has 19 heavy (non-hydrogen) atoms. The number of anilines is 1. The molecule has 2 rings (SSSR count). The van der Waals surface area contributed by atoms with Gasteiger partial charge in [0.2, 0.25) is 0 Å². The first kappa shape index (κ1) is 13.7. The Kier molecular flexibility index (Phi) is 4.31. The maximum Gasteiger partial charge on any atom is 0.307 e. The van der Waals surface area contributed by atoms with Crippen molar-refractivity contribution in [1.29, 1.82) is 0 Å². The van der Waals surface area contributed by atoms with Crippen LogP contribution in [0, 0.1) is 0 Å². The van der Waals surface area contributed by atoms with Crippen LogP contribution in [0.1, 0.15) is 13.3 Å². The van der Waals surface area contributed by atoms with Gasteiger partial charge in [-0.05, 0) is 18.6 Å². The number of hydrogen-bond acceptors (Lipinski definition) is 5. The predicted octanol–water partition coefficient (Wildman–Crippen LogP) is 3.14. The molecule has 1 amide bonds. The zero-order chi connectivity index (χ0) is 13.8. The van der Waals surface area contributed by atoms with Gasteiger partial charge in [0, 0.05) is 12.3 Å². The standard InChI is InChI=1S/C13H16N2O3S/c1-4-10-8-14-15(13(16)19-10)9-5-6-11(17-2)12(7-9)18-3/h5-8,10H,4H2,1-3H3. The van der Waals surface area contributed by atoms with E-state index in [1.807, 2.05) is 6.92 Å². The Hall–Kier alpha value is -1.69. The summed E-state index contributed by atoms with van der Waals surface area (Å²) in [6.45, 7) is 2.03. The molecule has 1 aromatic carbocycles. The highest BCUT2D eigenvalue weighted by Gasteiger charge is 2.24. The summed E-state index contributed by atoms with van der Waals surface area (Å²) in [5, 5.41) is 5.65. The van der Waals surface area contributed by atoms with Crippen molar-refractivity contribution in [3.63, 3.8) is 0 Å². The molecule has 6 heteroatoms. The number of carbonyl (C=O) groups is 1. The fraction of sp³-hybridized carbons (Fsp3) is 0.385. The lowest BCUT2D eigenvalue weighted by atomic mass is 10.2. The molecule has 5 nitrogen and oxygen atoms in total. The second kappa shape index (κ2) is 5.97. The van der Waals surface area contributed by atoms with Crippen LogP contribution in [0.2, 0.25) is 0 Å². The number of amides is 1. The second-order valence-corrected chi connectivity index (χ2v) is 5.14. The number of nitrogens with zero attached hydrogens (tertiary/aromatic N) is 2. The Morgan fingerprint density at radius 1 is 1.32 bits per heavy atom. The van der Waals surface area contributed by atoms with E-state index in [9.17, 15) is 4.79 Å². The van der Waals surface area contributed by atoms with Crippen LogP contribution in [-0.4, -0.2) is 30.9 Å². The minimum absolute atomic E-state index is 0.0819. The Balaban J connectivity index is 2.29. The van der Waals surface area contributed by atoms with Crippen LogP contribution in [-0.2, 0) is 0 Å². The zero-order valence-corrected chi connectivity index (χ0v) is 11.9. The van der Waals surface area contributed by atoms with E-state index in [1.54, 1.807) is 38.6 Å². The van der Waals surface area contributed by atoms with Crippen molar-refractivity contribution < 1.29 is 14.3 Å². The lowest BCUT2D eigenvalue weighted by Crippen LogP contribution is -2.29. The molecule has 1 atom stereocenters. The van der Waals surface area contributed by atoms with E-state index in [2.05, 4.69) is 5.10 Å². The predicted molar refractivity (Wildman–Crippen MR) is 77.6 cm³/mol. The molecular formula is C13H16N2O3S. The summed E-state index contributed by atoms with van der Waals surface area (Å²) in [5.74, 6) is 1.20. The fourth-order valence-corrected chi connectivity index (χ4v) is 2.51. The maximum atomic E-state index is 12.0. The number of methoxy groups -OCH3 is 2. The average Bonchev–Trinajstić information content (AvgIpc) is 2.46. The van der Waals surface area contributed by atoms with Gasteiger partial charge in [-0.15, -0.1) is 0 Å². The molecule has 1 aliphatic heterocycles. The van der Waals surface area contributed by atoms with Crippen LogP contribution < -0.4 is 14.5 Å². The third kappa shape index (κ3) is 2.84. The number of benzene rings is 1. The molecule has 1 aliphatic rings. The Labute approximate surface area is 116 Å². The lowest BCUT2D eigenvalue weighted by Gasteiger charge is -2.23. The third-order valence-electron chi connectivity index (χ3n) is 2.79. The number of carbonyl (C=O) groups excluding carboxylic acids is 1. The normalized spacial score (nSPS) is 18.6. The summed E-state index contributed by atoms with van der Waals surface area (Å²) in [4.78, 5) is 12.0. The Morgan fingerprint density at radius 2 is 2.05 bits per heavy atom. The van der Waals surface area contributed by atoms with Crippen LogP contribution in [0.25, 0.3) is 0 Å². The van der Waals surface area contributed by atoms with E-state index in [0.29, 0.717) is 17.2 Å². The maximum absolute atomic E-state index is 12.0. The van der Waals surface area contributed by atoms with Gasteiger partial charge in [0.25, 0.3) is 0 Å². The molecule has 0 spiro atoms. The van der Waals surface area contributed by atoms with Crippen LogP contribution in [0.3, 0.4) is 0 Å². The van der Waals surface area contributed by atoms with Crippen molar-refractivity contribution in [2.75, 3.05) is 19.2 Å². The van der Waals surface area contributed by atoms with E-state index in [1.165, 1.54) is 16.8 Å². The highest BCUT2D eigenvalue weighted by Crippen LogP contribution is 2.34. The smallest absolute Gasteiger partial charge is 0.307 e. The van der Waals surface area contributed by atoms with Crippen molar-refractivity contribution in [2.45, 2.75) is 18.6 Å². The van der Waals surface area contributed by atoms with E-state index in [-0.39, 0.29) is 10.5 Å². The molecule has 0 N–H and O–H groups in total. The monoisotopic (exact) mass is 280 g/mol. The van der Waals surface area contributed by atoms with Crippen molar-refractivity contribution in [1.82, 2.24) is 0 Å². The summed E-state index contributed by atoms with van der Waals surface area (Å²) >= 11 is 1.28. The number of thioether (sulfide) groups is 1. The summed E-state index contributed by atoms with van der Waals surface area (Å²) in [6, 6.07) is 5.28. The van der Waals surface area contributed by atoms with Gasteiger partial charge in [0.1, 0.15) is 0 Å². The van der Waals surface area contributed by atoms with Gasteiger partial charge in [-0.3, -0.25) is 4.79 Å². The SMILES string of the molecule is CCC1C=NN(c2ccc(OC)c(OC)c2)C(=O)S1. The molecule has 0 radical (unpaired) electrons. The van der Waals surface area contributed by atoms with E-state index >= 15 is 0 Å². The quantitative estimate of drug-likeness (QED) is 0.850. The molecule has 1 unspecified atom stereocenters. The van der Waals surface area contributed by atoms with E-state index in [0.717, 1.165) is 6.42 Å². The van der Waals surface area contributed by atoms with Gasteiger partial charge in [-0.1, -0.05) is 18.7 Å². The first-order valence-electron chi connectivity index (χ1n) is 5.96. The van der Waals surface area contributed by atoms with Crippen LogP contribution in [0.15, 0.2) is 23.3 Å². The molecule has 0 aromatic heterocycles. The minimum Gasteiger partial charge on any atom is -0.493 e. The second-order valence-electron chi connectivity index (χ2n) is 3.95. The molecule has 0 saturated heterocycles. The number of rotatable bonds is 4. The van der Waals surface area contributed by atoms with Crippen LogP contribution in [0.4, 0.5) is 10.5 Å². The molecule has 0 fully saturated rings. The topological polar surface area (TPSA) is 51.1 Å². The lowest BCUT2D eigenvalue weighted by molar-refractivity contribution is 0.265. The number of hydrogen-bond donors (Lipinski definition) is 0. The molecule has 0 saturated carbocycles. The van der Waals surface area contributed by atoms with Crippen molar-refractivity contribution >= 4 is 28.9 Å². The Bertz CT molecular complexity index is 505. The highest BCUT2D eigenvalue weighted by molar-refractivity contribution is 8.15. The van der Waals surface area contributed by atoms with Crippen molar-refractivity contribution in [3.8, 4) is 11.5 Å². The summed E-state index contributed by atoms with van der Waals surface area (Å²) in [6.07, 6.45) is 2.68. The number of ether oxygens (including phenoxy) is 2. The molecular weight excluding hydrogens is 264 g/mol. The largest absolute Gasteiger partial charge is 0.493 e. The van der Waals surface area contributed by atoms with Crippen molar-refractivity contribution in [3.05, 3.63) is 18.2 Å². The van der Waals surface area contributed by atoms with Gasteiger partial charge < -0.3 is 9.47 Å². The van der Waals surface area contributed by atoms with Crippen LogP contribution in [0.5, 0.6) is 11.5 Å². The van der Waals surface area contributed by atoms with Gasteiger partial charge in [-0.25, -0.2) is 0 Å². The molecule has 0 aliphatic carbocycles. The van der Waals surface area contributed by atoms with Gasteiger partial charge in [-0.2, -0.15) is 10.1 Å². The first-order valence-corrected chi connectivity index (χ1v) is 6.84.